The van der Waals surface area contributed by atoms with E-state index in [0.717, 1.165) is 0 Å². The van der Waals surface area contributed by atoms with E-state index in [4.69, 9.17) is 4.17 Å². The fourth-order valence-corrected chi connectivity index (χ4v) is 13.2. The molecule has 0 radical (unpaired) electrons. The van der Waals surface area contributed by atoms with Gasteiger partial charge in [0.25, 0.3) is 7.05 Å². The highest BCUT2D eigenvalue weighted by atomic mass is 35.5. The summed E-state index contributed by atoms with van der Waals surface area (Å²) in [6.45, 7) is 2.38. The molecule has 0 aliphatic rings. The van der Waals surface area contributed by atoms with Crippen LogP contribution in [0.1, 0.15) is 0 Å². The van der Waals surface area contributed by atoms with Crippen molar-refractivity contribution in [3.05, 3.63) is 152 Å². The van der Waals surface area contributed by atoms with Crippen molar-refractivity contribution >= 4 is 40.6 Å². The molecule has 0 amide bonds. The van der Waals surface area contributed by atoms with Crippen molar-refractivity contribution in [2.75, 3.05) is 6.66 Å². The minimum atomic E-state index is -2.33. The predicted molar refractivity (Wildman–Crippen MR) is 152 cm³/mol. The minimum absolute atomic E-state index is 0. The van der Waals surface area contributed by atoms with Gasteiger partial charge in [0.1, 0.15) is 0 Å². The standard InChI is InChI=1S/C31H28NP2.ClH/c1-33(27-17-7-2-8-18-27,28-19-9-3-10-20-28)32-34(29-21-11-4-12-22-29,30-23-13-5-14-24-30)31-25-15-6-16-26-31;/h2-26H,1H3;1H/q+1;/p-1. The third-order valence-corrected chi connectivity index (χ3v) is 14.5. The molecule has 1 nitrogen and oxygen atoms in total. The largest absolute Gasteiger partial charge is 1.00 e. The predicted octanol–water partition coefficient (Wildman–Crippen LogP) is 2.72. The van der Waals surface area contributed by atoms with Crippen LogP contribution < -0.4 is 43.1 Å². The van der Waals surface area contributed by atoms with Crippen LogP contribution in [0, 0.1) is 0 Å². The monoisotopic (exact) mass is 511 g/mol. The molecule has 0 atom stereocenters. The summed E-state index contributed by atoms with van der Waals surface area (Å²) in [4.78, 5) is 0. The quantitative estimate of drug-likeness (QED) is 0.254. The molecule has 4 heteroatoms. The summed E-state index contributed by atoms with van der Waals surface area (Å²) in [5.41, 5.74) is 0. The third kappa shape index (κ3) is 4.88. The van der Waals surface area contributed by atoms with Crippen molar-refractivity contribution in [3.8, 4) is 0 Å². The Hall–Kier alpha value is -3.04. The molecule has 0 aliphatic heterocycles. The Bertz CT molecular complexity index is 1330. The van der Waals surface area contributed by atoms with Gasteiger partial charge in [0.2, 0.25) is 0 Å². The van der Waals surface area contributed by atoms with E-state index in [1.165, 1.54) is 26.5 Å². The van der Waals surface area contributed by atoms with Crippen molar-refractivity contribution in [1.29, 1.82) is 0 Å². The first-order chi connectivity index (χ1) is 16.7. The lowest BCUT2D eigenvalue weighted by molar-refractivity contribution is -0.00000670. The molecule has 0 spiro atoms. The number of halogens is 1. The van der Waals surface area contributed by atoms with Crippen molar-refractivity contribution in [1.82, 2.24) is 4.17 Å². The number of hydrogen-bond donors (Lipinski definition) is 0. The third-order valence-electron chi connectivity index (χ3n) is 6.22. The molecule has 5 aromatic carbocycles. The maximum absolute atomic E-state index is 6.11. The zero-order valence-electron chi connectivity index (χ0n) is 19.7. The van der Waals surface area contributed by atoms with Crippen molar-refractivity contribution in [2.45, 2.75) is 0 Å². The van der Waals surface area contributed by atoms with Crippen LogP contribution in [0.2, 0.25) is 0 Å². The Kier molecular flexibility index (Phi) is 7.97. The van der Waals surface area contributed by atoms with Crippen LogP contribution in [0.4, 0.5) is 0 Å². The van der Waals surface area contributed by atoms with Gasteiger partial charge in [0.05, 0.1) is 26.5 Å². The van der Waals surface area contributed by atoms with E-state index in [-0.39, 0.29) is 12.4 Å². The number of nitrogens with zero attached hydrogens (tertiary/aromatic N) is 1. The van der Waals surface area contributed by atoms with Crippen LogP contribution in [0.5, 0.6) is 0 Å². The summed E-state index contributed by atoms with van der Waals surface area (Å²) in [5, 5.41) is 6.45. The molecule has 5 aromatic rings. The van der Waals surface area contributed by atoms with Gasteiger partial charge in [-0.25, -0.2) is 0 Å². The Morgan fingerprint density at radius 1 is 0.371 bits per heavy atom. The highest BCUT2D eigenvalue weighted by Gasteiger charge is 2.40. The molecule has 35 heavy (non-hydrogen) atoms. The minimum Gasteiger partial charge on any atom is -1.00 e. The van der Waals surface area contributed by atoms with Gasteiger partial charge < -0.3 is 12.4 Å². The van der Waals surface area contributed by atoms with Gasteiger partial charge >= 0.3 is 7.05 Å². The first kappa shape index (κ1) is 25.1. The Balaban J connectivity index is 0.00000289. The second kappa shape index (κ2) is 11.1. The number of benzene rings is 5. The first-order valence-corrected chi connectivity index (χ1v) is 15.4. The van der Waals surface area contributed by atoms with Gasteiger partial charge in [-0.1, -0.05) is 91.0 Å². The number of hydrogen-bond acceptors (Lipinski definition) is 0. The van der Waals surface area contributed by atoms with Crippen molar-refractivity contribution in [3.63, 3.8) is 0 Å². The molecular formula is C31H28ClNP2. The SMILES string of the molecule is CP(=[N+]=P(c1ccccc1)(c1ccccc1)c1ccccc1)(c1ccccc1)c1ccccc1.[Cl-]. The highest BCUT2D eigenvalue weighted by Crippen LogP contribution is 2.48. The molecule has 0 heterocycles. The van der Waals surface area contributed by atoms with Crippen LogP contribution in [-0.4, -0.2) is 6.66 Å². The van der Waals surface area contributed by atoms with Gasteiger partial charge in [0.15, 0.2) is 0 Å². The van der Waals surface area contributed by atoms with Crippen molar-refractivity contribution < 1.29 is 12.4 Å². The topological polar surface area (TPSA) is 14.1 Å². The lowest BCUT2D eigenvalue weighted by Gasteiger charge is -2.18. The molecule has 5 rings (SSSR count). The fraction of sp³-hybridized carbons (Fsp3) is 0.0323. The highest BCUT2D eigenvalue weighted by molar-refractivity contribution is 7.91. The van der Waals surface area contributed by atoms with Crippen LogP contribution in [0.25, 0.3) is 0 Å². The zero-order chi connectivity index (χ0) is 23.3. The summed E-state index contributed by atoms with van der Waals surface area (Å²) >= 11 is 0. The average Bonchev–Trinajstić information content (AvgIpc) is 2.94. The average molecular weight is 512 g/mol. The molecular weight excluding hydrogens is 484 g/mol. The van der Waals surface area contributed by atoms with E-state index >= 15 is 0 Å². The van der Waals surface area contributed by atoms with Crippen LogP contribution in [0.15, 0.2) is 152 Å². The van der Waals surface area contributed by atoms with E-state index in [1.807, 2.05) is 0 Å². The smallest absolute Gasteiger partial charge is 0.300 e. The van der Waals surface area contributed by atoms with Gasteiger partial charge in [-0.3, -0.25) is 0 Å². The lowest BCUT2D eigenvalue weighted by Crippen LogP contribution is -3.00. The van der Waals surface area contributed by atoms with E-state index in [0.29, 0.717) is 0 Å². The Labute approximate surface area is 215 Å². The first-order valence-electron chi connectivity index (χ1n) is 11.5. The molecule has 0 fully saturated rings. The second-order valence-electron chi connectivity index (χ2n) is 8.36. The van der Waals surface area contributed by atoms with E-state index in [2.05, 4.69) is 158 Å². The van der Waals surface area contributed by atoms with Gasteiger partial charge in [-0.15, -0.1) is 0 Å². The summed E-state index contributed by atoms with van der Waals surface area (Å²) in [5.74, 6) is 0. The van der Waals surface area contributed by atoms with Gasteiger partial charge in [-0.05, 0) is 60.7 Å². The van der Waals surface area contributed by atoms with Crippen LogP contribution in [-0.2, 0) is 0 Å². The van der Waals surface area contributed by atoms with Gasteiger partial charge in [0, 0.05) is 6.66 Å². The van der Waals surface area contributed by atoms with E-state index in [1.54, 1.807) is 0 Å². The molecule has 0 bridgehead atoms. The maximum Gasteiger partial charge on any atom is 0.300 e. The Morgan fingerprint density at radius 3 is 0.857 bits per heavy atom. The molecule has 0 N–H and O–H groups in total. The normalized spacial score (nSPS) is 11.2. The Morgan fingerprint density at radius 2 is 0.600 bits per heavy atom. The van der Waals surface area contributed by atoms with E-state index < -0.39 is 14.1 Å². The summed E-state index contributed by atoms with van der Waals surface area (Å²) in [7, 11) is -4.45. The summed E-state index contributed by atoms with van der Waals surface area (Å²) < 4.78 is 6.11. The lowest BCUT2D eigenvalue weighted by atomic mass is 10.4. The van der Waals surface area contributed by atoms with Crippen molar-refractivity contribution in [2.24, 2.45) is 0 Å². The molecule has 0 saturated carbocycles. The maximum atomic E-state index is 6.11. The zero-order valence-corrected chi connectivity index (χ0v) is 22.2. The molecule has 0 aromatic heterocycles. The van der Waals surface area contributed by atoms with Crippen LogP contribution in [0.3, 0.4) is 0 Å². The summed E-state index contributed by atoms with van der Waals surface area (Å²) in [6.07, 6.45) is 0. The molecule has 0 saturated heterocycles. The molecule has 0 aliphatic carbocycles. The second-order valence-corrected chi connectivity index (χ2v) is 14.8. The molecule has 174 valence electrons. The summed E-state index contributed by atoms with van der Waals surface area (Å²) in [6, 6.07) is 54.5. The van der Waals surface area contributed by atoms with Crippen LogP contribution >= 0.6 is 14.1 Å². The van der Waals surface area contributed by atoms with E-state index in [9.17, 15) is 0 Å². The molecule has 0 unspecified atom stereocenters. The number of rotatable bonds is 5. The fourth-order valence-electron chi connectivity index (χ4n) is 4.49. The van der Waals surface area contributed by atoms with Gasteiger partial charge in [-0.2, -0.15) is 4.17 Å².